The lowest BCUT2D eigenvalue weighted by molar-refractivity contribution is -0.102. The average molecular weight is 214 g/mol. The fraction of sp³-hybridized carbons (Fsp3) is 0.667. The van der Waals surface area contributed by atoms with Crippen molar-refractivity contribution in [2.45, 2.75) is 12.1 Å². The first-order valence-corrected chi connectivity index (χ1v) is 5.52. The summed E-state index contributed by atoms with van der Waals surface area (Å²) in [7, 11) is 1.92. The summed E-state index contributed by atoms with van der Waals surface area (Å²) in [6, 6.07) is 2.16. The molecule has 0 radical (unpaired) electrons. The van der Waals surface area contributed by atoms with Crippen LogP contribution >= 0.6 is 11.5 Å². The first kappa shape index (κ1) is 10.0. The Bertz CT molecular complexity index is 260. The summed E-state index contributed by atoms with van der Waals surface area (Å²) in [5.74, 6) is 0. The lowest BCUT2D eigenvalue weighted by Gasteiger charge is -2.29. The molecule has 1 aromatic rings. The van der Waals surface area contributed by atoms with Gasteiger partial charge in [-0.05, 0) is 24.6 Å². The Balaban J connectivity index is 2.04. The monoisotopic (exact) mass is 214 g/mol. The van der Waals surface area contributed by atoms with Crippen LogP contribution in [0.3, 0.4) is 0 Å². The highest BCUT2D eigenvalue weighted by Crippen LogP contribution is 2.20. The summed E-state index contributed by atoms with van der Waals surface area (Å²) in [4.78, 5) is 0. The van der Waals surface area contributed by atoms with Crippen LogP contribution in [0.2, 0.25) is 0 Å². The van der Waals surface area contributed by atoms with Gasteiger partial charge in [0.1, 0.15) is 6.10 Å². The van der Waals surface area contributed by atoms with Crippen LogP contribution in [0.5, 0.6) is 0 Å². The molecule has 1 fully saturated rings. The largest absolute Gasteiger partial charge is 0.376 e. The van der Waals surface area contributed by atoms with Crippen molar-refractivity contribution in [1.29, 1.82) is 0 Å². The first-order valence-electron chi connectivity index (χ1n) is 4.68. The van der Waals surface area contributed by atoms with Gasteiger partial charge in [0.2, 0.25) is 0 Å². The Morgan fingerprint density at radius 1 is 1.64 bits per heavy atom. The molecule has 0 spiro atoms. The van der Waals surface area contributed by atoms with Gasteiger partial charge in [-0.15, -0.1) is 0 Å². The number of nitrogens with zero attached hydrogens (tertiary/aromatic N) is 1. The van der Waals surface area contributed by atoms with Gasteiger partial charge in [-0.25, -0.2) is 0 Å². The lowest BCUT2D eigenvalue weighted by atomic mass is 10.1. The van der Waals surface area contributed by atoms with Crippen LogP contribution < -0.4 is 5.32 Å². The molecule has 2 atom stereocenters. The van der Waals surface area contributed by atoms with Crippen molar-refractivity contribution >= 4 is 11.5 Å². The van der Waals surface area contributed by atoms with Gasteiger partial charge < -0.3 is 14.8 Å². The molecule has 0 aliphatic carbocycles. The second-order valence-electron chi connectivity index (χ2n) is 3.17. The average Bonchev–Trinajstić information content (AvgIpc) is 2.74. The van der Waals surface area contributed by atoms with Gasteiger partial charge in [0.25, 0.3) is 0 Å². The van der Waals surface area contributed by atoms with E-state index in [1.807, 2.05) is 18.5 Å². The van der Waals surface area contributed by atoms with E-state index in [0.29, 0.717) is 19.8 Å². The lowest BCUT2D eigenvalue weighted by Crippen LogP contribution is -2.39. The van der Waals surface area contributed by atoms with Crippen LogP contribution in [0.15, 0.2) is 11.4 Å². The number of likely N-dealkylation sites (N-methyl/N-ethyl adjacent to an activating group) is 1. The number of hydrogen-bond donors (Lipinski definition) is 1. The maximum absolute atomic E-state index is 5.63. The second kappa shape index (κ2) is 4.84. The zero-order chi connectivity index (χ0) is 9.80. The third-order valence-electron chi connectivity index (χ3n) is 2.30. The third-order valence-corrected chi connectivity index (χ3v) is 2.87. The van der Waals surface area contributed by atoms with Crippen LogP contribution in [0.1, 0.15) is 11.7 Å². The molecule has 0 saturated carbocycles. The van der Waals surface area contributed by atoms with Crippen molar-refractivity contribution in [3.8, 4) is 0 Å². The van der Waals surface area contributed by atoms with Crippen molar-refractivity contribution in [2.75, 3.05) is 26.9 Å². The number of ether oxygens (including phenoxy) is 2. The second-order valence-corrected chi connectivity index (χ2v) is 3.84. The van der Waals surface area contributed by atoms with Crippen LogP contribution in [0.4, 0.5) is 0 Å². The van der Waals surface area contributed by atoms with Crippen molar-refractivity contribution in [1.82, 2.24) is 9.69 Å². The molecule has 0 aromatic carbocycles. The van der Waals surface area contributed by atoms with Crippen LogP contribution in [0, 0.1) is 0 Å². The molecule has 5 heteroatoms. The minimum absolute atomic E-state index is 0.0795. The molecule has 1 aromatic heterocycles. The SMILES string of the molecule is CNC(c1ccsn1)C1COCCO1. The minimum atomic E-state index is 0.0795. The van der Waals surface area contributed by atoms with E-state index in [4.69, 9.17) is 9.47 Å². The molecule has 2 rings (SSSR count). The maximum Gasteiger partial charge on any atom is 0.102 e. The first-order chi connectivity index (χ1) is 6.92. The molecule has 4 nitrogen and oxygen atoms in total. The van der Waals surface area contributed by atoms with Gasteiger partial charge in [-0.3, -0.25) is 0 Å². The highest BCUT2D eigenvalue weighted by Gasteiger charge is 2.26. The quantitative estimate of drug-likeness (QED) is 0.809. The summed E-state index contributed by atoms with van der Waals surface area (Å²) in [5.41, 5.74) is 1.04. The summed E-state index contributed by atoms with van der Waals surface area (Å²) < 4.78 is 15.3. The van der Waals surface area contributed by atoms with Crippen LogP contribution in [0.25, 0.3) is 0 Å². The fourth-order valence-electron chi connectivity index (χ4n) is 1.61. The summed E-state index contributed by atoms with van der Waals surface area (Å²) in [5, 5.41) is 5.19. The topological polar surface area (TPSA) is 43.4 Å². The van der Waals surface area contributed by atoms with Gasteiger partial charge in [0, 0.05) is 5.38 Å². The van der Waals surface area contributed by atoms with E-state index in [1.54, 1.807) is 0 Å². The zero-order valence-electron chi connectivity index (χ0n) is 8.10. The van der Waals surface area contributed by atoms with Crippen molar-refractivity contribution < 1.29 is 9.47 Å². The molecule has 2 unspecified atom stereocenters. The van der Waals surface area contributed by atoms with Gasteiger partial charge in [-0.1, -0.05) is 0 Å². The Morgan fingerprint density at radius 2 is 2.57 bits per heavy atom. The third kappa shape index (κ3) is 2.12. The normalized spacial score (nSPS) is 24.8. The predicted octanol–water partition coefficient (Wildman–Crippen LogP) is 0.819. The predicted molar refractivity (Wildman–Crippen MR) is 54.5 cm³/mol. The van der Waals surface area contributed by atoms with Gasteiger partial charge >= 0.3 is 0 Å². The molecule has 0 bridgehead atoms. The van der Waals surface area contributed by atoms with E-state index < -0.39 is 0 Å². The molecule has 14 heavy (non-hydrogen) atoms. The van der Waals surface area contributed by atoms with E-state index in [1.165, 1.54) is 11.5 Å². The van der Waals surface area contributed by atoms with Crippen molar-refractivity contribution in [2.24, 2.45) is 0 Å². The Labute approximate surface area is 87.4 Å². The molecule has 0 amide bonds. The summed E-state index contributed by atoms with van der Waals surface area (Å²) >= 11 is 1.46. The van der Waals surface area contributed by atoms with Gasteiger partial charge in [0.15, 0.2) is 0 Å². The molecule has 1 saturated heterocycles. The molecular formula is C9H14N2O2S. The highest BCUT2D eigenvalue weighted by molar-refractivity contribution is 7.03. The Kier molecular flexibility index (Phi) is 3.47. The summed E-state index contributed by atoms with van der Waals surface area (Å²) in [6.07, 6.45) is 0.0795. The molecule has 78 valence electrons. The van der Waals surface area contributed by atoms with E-state index >= 15 is 0 Å². The van der Waals surface area contributed by atoms with Crippen LogP contribution in [-0.4, -0.2) is 37.3 Å². The Morgan fingerprint density at radius 3 is 3.14 bits per heavy atom. The van der Waals surface area contributed by atoms with E-state index in [0.717, 1.165) is 5.69 Å². The maximum atomic E-state index is 5.63. The highest BCUT2D eigenvalue weighted by atomic mass is 32.1. The number of hydrogen-bond acceptors (Lipinski definition) is 5. The van der Waals surface area contributed by atoms with E-state index in [2.05, 4.69) is 9.69 Å². The van der Waals surface area contributed by atoms with Crippen LogP contribution in [-0.2, 0) is 9.47 Å². The number of rotatable bonds is 3. The molecule has 1 aliphatic rings. The standard InChI is InChI=1S/C9H14N2O2S/c1-10-9(7-2-5-14-11-7)8-6-12-3-4-13-8/h2,5,8-10H,3-4,6H2,1H3. The molecular weight excluding hydrogens is 200 g/mol. The van der Waals surface area contributed by atoms with E-state index in [9.17, 15) is 0 Å². The number of nitrogens with one attached hydrogen (secondary N) is 1. The number of aromatic nitrogens is 1. The molecule has 1 N–H and O–H groups in total. The zero-order valence-corrected chi connectivity index (χ0v) is 8.92. The van der Waals surface area contributed by atoms with Gasteiger partial charge in [-0.2, -0.15) is 4.37 Å². The Hall–Kier alpha value is -0.490. The molecule has 1 aliphatic heterocycles. The smallest absolute Gasteiger partial charge is 0.102 e. The molecule has 2 heterocycles. The summed E-state index contributed by atoms with van der Waals surface area (Å²) in [6.45, 7) is 2.01. The fourth-order valence-corrected chi connectivity index (χ4v) is 2.16. The van der Waals surface area contributed by atoms with E-state index in [-0.39, 0.29) is 12.1 Å². The van der Waals surface area contributed by atoms with Gasteiger partial charge in [0.05, 0.1) is 31.6 Å². The van der Waals surface area contributed by atoms with Crippen molar-refractivity contribution in [3.05, 3.63) is 17.1 Å². The minimum Gasteiger partial charge on any atom is -0.376 e. The van der Waals surface area contributed by atoms with Crippen molar-refractivity contribution in [3.63, 3.8) is 0 Å².